The molecule has 2 N–H and O–H groups in total. The number of hydrogen-bond acceptors (Lipinski definition) is 5. The first-order valence-corrected chi connectivity index (χ1v) is 11.8. The van der Waals surface area contributed by atoms with E-state index < -0.39 is 9.84 Å². The summed E-state index contributed by atoms with van der Waals surface area (Å²) in [6, 6.07) is 8.13. The summed E-state index contributed by atoms with van der Waals surface area (Å²) in [7, 11) is -2.99. The number of nitrogens with zero attached hydrogens (tertiary/aromatic N) is 1. The molecule has 0 aliphatic carbocycles. The van der Waals surface area contributed by atoms with E-state index in [4.69, 9.17) is 9.47 Å². The van der Waals surface area contributed by atoms with Gasteiger partial charge in [-0.15, -0.1) is 0 Å². The van der Waals surface area contributed by atoms with Gasteiger partial charge < -0.3 is 20.1 Å². The van der Waals surface area contributed by atoms with Crippen LogP contribution in [-0.4, -0.2) is 59.3 Å². The summed E-state index contributed by atoms with van der Waals surface area (Å²) in [4.78, 5) is 4.47. The summed E-state index contributed by atoms with van der Waals surface area (Å²) in [6.07, 6.45) is 1.20. The lowest BCUT2D eigenvalue weighted by Crippen LogP contribution is -2.39. The van der Waals surface area contributed by atoms with Crippen molar-refractivity contribution in [3.8, 4) is 5.75 Å². The Balaban J connectivity index is 2.50. The Morgan fingerprint density at radius 2 is 1.82 bits per heavy atom. The maximum absolute atomic E-state index is 11.1. The van der Waals surface area contributed by atoms with Gasteiger partial charge in [0.1, 0.15) is 15.6 Å². The lowest BCUT2D eigenvalue weighted by atomic mass is 10.1. The molecule has 1 rings (SSSR count). The van der Waals surface area contributed by atoms with Gasteiger partial charge in [-0.25, -0.2) is 8.42 Å². The van der Waals surface area contributed by atoms with Crippen molar-refractivity contribution in [3.05, 3.63) is 29.8 Å². The maximum Gasteiger partial charge on any atom is 0.191 e. The van der Waals surface area contributed by atoms with Crippen LogP contribution in [0.5, 0.6) is 5.75 Å². The molecule has 1 atom stereocenters. The van der Waals surface area contributed by atoms with Crippen LogP contribution in [0, 0.1) is 5.92 Å². The molecule has 0 aliphatic rings. The molecule has 0 aliphatic heterocycles. The molecule has 1 aromatic rings. The van der Waals surface area contributed by atoms with E-state index in [1.165, 1.54) is 6.26 Å². The quantitative estimate of drug-likeness (QED) is 0.311. The minimum absolute atomic E-state index is 0.0307. The third-order valence-electron chi connectivity index (χ3n) is 3.76. The fourth-order valence-corrected chi connectivity index (χ4v) is 2.68. The Bertz CT molecular complexity index is 688. The molecule has 160 valence electrons. The molecular formula is C20H35N3O4S. The molecule has 8 heteroatoms. The first-order chi connectivity index (χ1) is 13.2. The highest BCUT2D eigenvalue weighted by atomic mass is 32.2. The van der Waals surface area contributed by atoms with Gasteiger partial charge in [0.25, 0.3) is 0 Å². The summed E-state index contributed by atoms with van der Waals surface area (Å²) in [5.74, 6) is 2.09. The summed E-state index contributed by atoms with van der Waals surface area (Å²) in [5, 5.41) is 6.57. The van der Waals surface area contributed by atoms with Crippen molar-refractivity contribution in [2.45, 2.75) is 33.7 Å². The van der Waals surface area contributed by atoms with Gasteiger partial charge in [-0.1, -0.05) is 26.0 Å². The number of guanidine groups is 1. The number of ether oxygens (including phenoxy) is 2. The summed E-state index contributed by atoms with van der Waals surface area (Å²) >= 11 is 0. The molecule has 0 fully saturated rings. The lowest BCUT2D eigenvalue weighted by Gasteiger charge is -2.18. The van der Waals surface area contributed by atoms with Crippen molar-refractivity contribution in [2.75, 3.05) is 44.9 Å². The Kier molecular flexibility index (Phi) is 10.9. The van der Waals surface area contributed by atoms with Crippen LogP contribution in [0.15, 0.2) is 29.3 Å². The Hall–Kier alpha value is -1.80. The zero-order valence-electron chi connectivity index (χ0n) is 17.7. The average Bonchev–Trinajstić information content (AvgIpc) is 2.62. The first kappa shape index (κ1) is 24.2. The zero-order chi connectivity index (χ0) is 21.0. The molecular weight excluding hydrogens is 378 g/mol. The van der Waals surface area contributed by atoms with Crippen LogP contribution in [0.3, 0.4) is 0 Å². The number of sulfone groups is 1. The van der Waals surface area contributed by atoms with Crippen molar-refractivity contribution in [2.24, 2.45) is 10.9 Å². The van der Waals surface area contributed by atoms with Crippen LogP contribution >= 0.6 is 0 Å². The Morgan fingerprint density at radius 3 is 2.39 bits per heavy atom. The minimum Gasteiger partial charge on any atom is -0.493 e. The largest absolute Gasteiger partial charge is 0.493 e. The van der Waals surface area contributed by atoms with Gasteiger partial charge in [0.05, 0.1) is 38.2 Å². The third kappa shape index (κ3) is 11.1. The Labute approximate surface area is 169 Å². The van der Waals surface area contributed by atoms with Crippen molar-refractivity contribution < 1.29 is 17.9 Å². The second-order valence-electron chi connectivity index (χ2n) is 7.14. The van der Waals surface area contributed by atoms with E-state index in [2.05, 4.69) is 36.4 Å². The molecule has 0 saturated carbocycles. The normalized spacial score (nSPS) is 13.4. The molecule has 1 aromatic carbocycles. The molecule has 0 saturated heterocycles. The highest BCUT2D eigenvalue weighted by Gasteiger charge is 2.08. The van der Waals surface area contributed by atoms with E-state index in [9.17, 15) is 8.42 Å². The Morgan fingerprint density at radius 1 is 1.14 bits per heavy atom. The first-order valence-electron chi connectivity index (χ1n) is 9.74. The molecule has 0 bridgehead atoms. The smallest absolute Gasteiger partial charge is 0.191 e. The number of hydrogen-bond donors (Lipinski definition) is 2. The fourth-order valence-electron chi connectivity index (χ4n) is 2.26. The molecule has 0 amide bonds. The van der Waals surface area contributed by atoms with E-state index in [-0.39, 0.29) is 18.4 Å². The number of nitrogens with one attached hydrogen (secondary N) is 2. The molecule has 0 spiro atoms. The van der Waals surface area contributed by atoms with Gasteiger partial charge in [0, 0.05) is 12.8 Å². The van der Waals surface area contributed by atoms with Crippen LogP contribution in [0.1, 0.15) is 39.3 Å². The van der Waals surface area contributed by atoms with E-state index in [1.54, 1.807) is 0 Å². The number of benzene rings is 1. The van der Waals surface area contributed by atoms with E-state index in [1.807, 2.05) is 31.2 Å². The van der Waals surface area contributed by atoms with Gasteiger partial charge in [-0.05, 0) is 37.5 Å². The predicted molar refractivity (Wildman–Crippen MR) is 115 cm³/mol. The predicted octanol–water partition coefficient (Wildman–Crippen LogP) is 2.40. The van der Waals surface area contributed by atoms with Crippen LogP contribution in [0.4, 0.5) is 0 Å². The zero-order valence-corrected chi connectivity index (χ0v) is 18.5. The van der Waals surface area contributed by atoms with E-state index >= 15 is 0 Å². The molecule has 1 unspecified atom stereocenters. The number of rotatable bonds is 12. The van der Waals surface area contributed by atoms with Crippen LogP contribution in [-0.2, 0) is 14.6 Å². The van der Waals surface area contributed by atoms with Gasteiger partial charge in [-0.2, -0.15) is 0 Å². The lowest BCUT2D eigenvalue weighted by molar-refractivity contribution is 0.157. The van der Waals surface area contributed by atoms with Crippen molar-refractivity contribution >= 4 is 15.8 Å². The summed E-state index contributed by atoms with van der Waals surface area (Å²) in [5.41, 5.74) is 1.13. The highest BCUT2D eigenvalue weighted by molar-refractivity contribution is 7.90. The number of aliphatic imine (C=N–C) groups is 1. The van der Waals surface area contributed by atoms with E-state index in [0.717, 1.165) is 17.9 Å². The molecule has 0 heterocycles. The molecule has 28 heavy (non-hydrogen) atoms. The van der Waals surface area contributed by atoms with Crippen molar-refractivity contribution in [3.63, 3.8) is 0 Å². The molecule has 0 radical (unpaired) electrons. The second kappa shape index (κ2) is 12.6. The van der Waals surface area contributed by atoms with Gasteiger partial charge in [-0.3, -0.25) is 4.99 Å². The third-order valence-corrected chi connectivity index (χ3v) is 4.67. The van der Waals surface area contributed by atoms with Gasteiger partial charge >= 0.3 is 0 Å². The maximum atomic E-state index is 11.1. The van der Waals surface area contributed by atoms with Gasteiger partial charge in [0.15, 0.2) is 5.96 Å². The minimum atomic E-state index is -2.99. The van der Waals surface area contributed by atoms with Crippen LogP contribution < -0.4 is 15.4 Å². The molecule has 7 nitrogen and oxygen atoms in total. The highest BCUT2D eigenvalue weighted by Crippen LogP contribution is 2.18. The summed E-state index contributed by atoms with van der Waals surface area (Å²) < 4.78 is 33.2. The van der Waals surface area contributed by atoms with E-state index in [0.29, 0.717) is 31.6 Å². The average molecular weight is 414 g/mol. The summed E-state index contributed by atoms with van der Waals surface area (Å²) in [6.45, 7) is 10.8. The van der Waals surface area contributed by atoms with Crippen LogP contribution in [0.2, 0.25) is 0 Å². The second-order valence-corrected chi connectivity index (χ2v) is 9.40. The monoisotopic (exact) mass is 413 g/mol. The standard InChI is InChI=1S/C20H35N3O4S/c1-6-21-20(22-11-12-26-13-14-28(5,24)25)23-17(4)18-7-9-19(10-8-18)27-15-16(2)3/h7-10,16-17H,6,11-15H2,1-5H3,(H2,21,22,23). The van der Waals surface area contributed by atoms with Gasteiger partial charge in [0.2, 0.25) is 0 Å². The van der Waals surface area contributed by atoms with Crippen LogP contribution in [0.25, 0.3) is 0 Å². The molecule has 0 aromatic heterocycles. The van der Waals surface area contributed by atoms with Crippen molar-refractivity contribution in [1.82, 2.24) is 10.6 Å². The fraction of sp³-hybridized carbons (Fsp3) is 0.650. The SMILES string of the molecule is CCNC(=NCCOCCS(C)(=O)=O)NC(C)c1ccc(OCC(C)C)cc1. The van der Waals surface area contributed by atoms with Crippen molar-refractivity contribution in [1.29, 1.82) is 0 Å². The topological polar surface area (TPSA) is 89.0 Å².